The Balaban J connectivity index is 0.000000261. The molecule has 19 heavy (non-hydrogen) atoms. The van der Waals surface area contributed by atoms with Crippen LogP contribution in [0.15, 0.2) is 16.8 Å². The van der Waals surface area contributed by atoms with Gasteiger partial charge in [-0.25, -0.2) is 0 Å². The molecule has 2 rings (SSSR count). The summed E-state index contributed by atoms with van der Waals surface area (Å²) in [6.45, 7) is -0.278. The van der Waals surface area contributed by atoms with Crippen molar-refractivity contribution >= 4 is 23.6 Å². The largest absolute Gasteiger partial charge is 0.480 e. The van der Waals surface area contributed by atoms with Crippen molar-refractivity contribution in [1.82, 2.24) is 0 Å². The standard InChI is InChI=1S/C6H13N.C5H4OS.C2H5NO2/c7-6-4-2-1-3-5-6;6-3-5-1-2-7-4-5;3-1-2(4)5/h6H,1-5,7H2;1-4H;1,3H2,(H,4,5). The second-order valence-electron chi connectivity index (χ2n) is 4.17. The average Bonchev–Trinajstić information content (AvgIpc) is 2.94. The molecule has 1 aliphatic carbocycles. The lowest BCUT2D eigenvalue weighted by Gasteiger charge is -2.15. The first-order valence-electron chi connectivity index (χ1n) is 6.25. The number of nitrogens with two attached hydrogens (primary N) is 2. The van der Waals surface area contributed by atoms with Crippen LogP contribution < -0.4 is 11.5 Å². The van der Waals surface area contributed by atoms with Gasteiger partial charge in [-0.3, -0.25) is 9.59 Å². The number of thiophene rings is 1. The van der Waals surface area contributed by atoms with Crippen molar-refractivity contribution in [1.29, 1.82) is 0 Å². The van der Waals surface area contributed by atoms with Gasteiger partial charge >= 0.3 is 5.97 Å². The van der Waals surface area contributed by atoms with E-state index in [1.807, 2.05) is 10.8 Å². The van der Waals surface area contributed by atoms with Crippen molar-refractivity contribution in [2.24, 2.45) is 11.5 Å². The van der Waals surface area contributed by atoms with Crippen molar-refractivity contribution in [2.75, 3.05) is 6.54 Å². The third-order valence-electron chi connectivity index (χ3n) is 2.50. The first-order valence-corrected chi connectivity index (χ1v) is 7.19. The Morgan fingerprint density at radius 3 is 2.21 bits per heavy atom. The number of carbonyl (C=O) groups is 2. The van der Waals surface area contributed by atoms with Gasteiger partial charge in [-0.15, -0.1) is 0 Å². The molecule has 0 atom stereocenters. The maximum Gasteiger partial charge on any atom is 0.317 e. The van der Waals surface area contributed by atoms with Crippen LogP contribution in [0.5, 0.6) is 0 Å². The lowest BCUT2D eigenvalue weighted by molar-refractivity contribution is -0.135. The molecule has 6 heteroatoms. The summed E-state index contributed by atoms with van der Waals surface area (Å²) in [6, 6.07) is 2.33. The van der Waals surface area contributed by atoms with E-state index >= 15 is 0 Å². The normalized spacial score (nSPS) is 14.4. The zero-order chi connectivity index (χ0) is 14.5. The summed E-state index contributed by atoms with van der Waals surface area (Å²) >= 11 is 1.53. The summed E-state index contributed by atoms with van der Waals surface area (Å²) in [5, 5.41) is 11.3. The van der Waals surface area contributed by atoms with Crippen LogP contribution in [0.3, 0.4) is 0 Å². The lowest BCUT2D eigenvalue weighted by atomic mass is 9.97. The number of carboxylic acids is 1. The second kappa shape index (κ2) is 11.8. The maximum absolute atomic E-state index is 9.87. The Morgan fingerprint density at radius 1 is 1.42 bits per heavy atom. The van der Waals surface area contributed by atoms with Gasteiger partial charge in [-0.1, -0.05) is 19.3 Å². The van der Waals surface area contributed by atoms with Crippen molar-refractivity contribution in [3.63, 3.8) is 0 Å². The molecule has 0 bridgehead atoms. The molecule has 1 aromatic rings. The molecular formula is C13H22N2O3S. The minimum Gasteiger partial charge on any atom is -0.480 e. The predicted octanol–water partition coefficient (Wildman–Crippen LogP) is 1.87. The molecule has 1 fully saturated rings. The van der Waals surface area contributed by atoms with Gasteiger partial charge in [0.2, 0.25) is 0 Å². The summed E-state index contributed by atoms with van der Waals surface area (Å²) in [6.07, 6.45) is 7.51. The Labute approximate surface area is 117 Å². The molecule has 0 spiro atoms. The highest BCUT2D eigenvalue weighted by atomic mass is 32.1. The highest BCUT2D eigenvalue weighted by Gasteiger charge is 2.06. The number of aliphatic carboxylic acids is 1. The molecule has 0 amide bonds. The van der Waals surface area contributed by atoms with E-state index < -0.39 is 5.97 Å². The molecule has 1 saturated carbocycles. The van der Waals surface area contributed by atoms with Gasteiger partial charge in [0.25, 0.3) is 0 Å². The molecule has 0 aliphatic heterocycles. The van der Waals surface area contributed by atoms with Crippen LogP contribution in [0, 0.1) is 0 Å². The molecule has 1 aromatic heterocycles. The number of hydrogen-bond acceptors (Lipinski definition) is 5. The average molecular weight is 286 g/mol. The van der Waals surface area contributed by atoms with E-state index in [1.165, 1.54) is 43.4 Å². The van der Waals surface area contributed by atoms with Crippen LogP contribution in [0.2, 0.25) is 0 Å². The van der Waals surface area contributed by atoms with E-state index in [9.17, 15) is 9.59 Å². The third-order valence-corrected chi connectivity index (χ3v) is 3.21. The molecular weight excluding hydrogens is 264 g/mol. The highest BCUT2D eigenvalue weighted by Crippen LogP contribution is 2.14. The van der Waals surface area contributed by atoms with Crippen LogP contribution in [0.1, 0.15) is 42.5 Å². The number of carboxylic acid groups (broad SMARTS) is 1. The highest BCUT2D eigenvalue weighted by molar-refractivity contribution is 7.08. The van der Waals surface area contributed by atoms with E-state index in [4.69, 9.17) is 10.8 Å². The third kappa shape index (κ3) is 11.6. The minimum atomic E-state index is -0.968. The topological polar surface area (TPSA) is 106 Å². The van der Waals surface area contributed by atoms with E-state index in [0.29, 0.717) is 6.04 Å². The number of hydrogen-bond donors (Lipinski definition) is 3. The van der Waals surface area contributed by atoms with Crippen molar-refractivity contribution in [3.8, 4) is 0 Å². The first kappa shape index (κ1) is 17.8. The second-order valence-corrected chi connectivity index (χ2v) is 4.95. The molecule has 1 heterocycles. The zero-order valence-corrected chi connectivity index (χ0v) is 11.8. The summed E-state index contributed by atoms with van der Waals surface area (Å²) in [4.78, 5) is 19.1. The summed E-state index contributed by atoms with van der Waals surface area (Å²) in [5.41, 5.74) is 11.0. The number of aldehydes is 1. The molecule has 0 radical (unpaired) electrons. The van der Waals surface area contributed by atoms with Crippen LogP contribution in [0.4, 0.5) is 0 Å². The van der Waals surface area contributed by atoms with Gasteiger partial charge in [0.05, 0.1) is 6.54 Å². The fraction of sp³-hybridized carbons (Fsp3) is 0.538. The van der Waals surface area contributed by atoms with Crippen LogP contribution in [-0.2, 0) is 4.79 Å². The fourth-order valence-corrected chi connectivity index (χ4v) is 2.08. The van der Waals surface area contributed by atoms with E-state index in [1.54, 1.807) is 6.07 Å². The number of rotatable bonds is 2. The smallest absolute Gasteiger partial charge is 0.317 e. The van der Waals surface area contributed by atoms with Gasteiger partial charge in [-0.2, -0.15) is 11.3 Å². The van der Waals surface area contributed by atoms with Gasteiger partial charge in [0.1, 0.15) is 0 Å². The molecule has 0 aromatic carbocycles. The van der Waals surface area contributed by atoms with Crippen LogP contribution in [-0.4, -0.2) is 29.9 Å². The number of carbonyl (C=O) groups excluding carboxylic acids is 1. The molecule has 108 valence electrons. The molecule has 5 N–H and O–H groups in total. The summed E-state index contributed by atoms with van der Waals surface area (Å²) < 4.78 is 0. The van der Waals surface area contributed by atoms with Gasteiger partial charge in [0, 0.05) is 17.0 Å². The summed E-state index contributed by atoms with van der Waals surface area (Å²) in [7, 11) is 0. The van der Waals surface area contributed by atoms with Crippen molar-refractivity contribution in [3.05, 3.63) is 22.4 Å². The first-order chi connectivity index (χ1) is 9.10. The molecule has 0 saturated heterocycles. The van der Waals surface area contributed by atoms with Crippen molar-refractivity contribution < 1.29 is 14.7 Å². The Hall–Kier alpha value is -1.24. The van der Waals surface area contributed by atoms with Crippen LogP contribution in [0.25, 0.3) is 0 Å². The monoisotopic (exact) mass is 286 g/mol. The molecule has 1 aliphatic rings. The van der Waals surface area contributed by atoms with Gasteiger partial charge in [-0.05, 0) is 24.3 Å². The summed E-state index contributed by atoms with van der Waals surface area (Å²) in [5.74, 6) is -0.968. The maximum atomic E-state index is 9.87. The molecule has 5 nitrogen and oxygen atoms in total. The van der Waals surface area contributed by atoms with E-state index in [0.717, 1.165) is 11.8 Å². The Kier molecular flexibility index (Phi) is 11.1. The Morgan fingerprint density at radius 2 is 2.00 bits per heavy atom. The van der Waals surface area contributed by atoms with E-state index in [-0.39, 0.29) is 6.54 Å². The lowest BCUT2D eigenvalue weighted by Crippen LogP contribution is -2.22. The fourth-order valence-electron chi connectivity index (χ4n) is 1.48. The zero-order valence-electron chi connectivity index (χ0n) is 11.0. The quantitative estimate of drug-likeness (QED) is 0.719. The SMILES string of the molecule is NC1CCCCC1.NCC(=O)O.O=Cc1ccsc1. The predicted molar refractivity (Wildman–Crippen MR) is 77.5 cm³/mol. The molecule has 0 unspecified atom stereocenters. The van der Waals surface area contributed by atoms with Gasteiger partial charge < -0.3 is 16.6 Å². The van der Waals surface area contributed by atoms with Crippen LogP contribution >= 0.6 is 11.3 Å². The minimum absolute atomic E-state index is 0.278. The van der Waals surface area contributed by atoms with Crippen molar-refractivity contribution in [2.45, 2.75) is 38.1 Å². The van der Waals surface area contributed by atoms with E-state index in [2.05, 4.69) is 5.73 Å². The van der Waals surface area contributed by atoms with Gasteiger partial charge in [0.15, 0.2) is 6.29 Å². The Bertz CT molecular complexity index is 336.